The fourth-order valence-corrected chi connectivity index (χ4v) is 2.00. The van der Waals surface area contributed by atoms with Gasteiger partial charge in [0.15, 0.2) is 0 Å². The summed E-state index contributed by atoms with van der Waals surface area (Å²) in [7, 11) is 0. The van der Waals surface area contributed by atoms with Gasteiger partial charge in [0.25, 0.3) is 0 Å². The van der Waals surface area contributed by atoms with Crippen LogP contribution in [-0.2, 0) is 14.3 Å². The molecule has 5 N–H and O–H groups in total. The number of alkyl carbamates (subject to hydrolysis) is 2. The predicted octanol–water partition coefficient (Wildman–Crippen LogP) is 1.65. The number of ether oxygens (including phenoxy) is 2. The molecule has 0 aliphatic rings. The quantitative estimate of drug-likeness (QED) is 0.444. The van der Waals surface area contributed by atoms with Crippen molar-refractivity contribution in [2.75, 3.05) is 19.6 Å². The van der Waals surface area contributed by atoms with Gasteiger partial charge in [-0.1, -0.05) is 0 Å². The van der Waals surface area contributed by atoms with Gasteiger partial charge < -0.3 is 31.2 Å². The lowest BCUT2D eigenvalue weighted by molar-refractivity contribution is -0.123. The molecule has 0 heterocycles. The molecule has 0 spiro atoms. The smallest absolute Gasteiger partial charge is 0.408 e. The first-order valence-corrected chi connectivity index (χ1v) is 9.28. The van der Waals surface area contributed by atoms with E-state index in [0.717, 1.165) is 6.42 Å². The Labute approximate surface area is 162 Å². The summed E-state index contributed by atoms with van der Waals surface area (Å²) < 4.78 is 10.3. The summed E-state index contributed by atoms with van der Waals surface area (Å²) in [6.07, 6.45) is 0.688. The first kappa shape index (κ1) is 25.0. The van der Waals surface area contributed by atoms with Crippen molar-refractivity contribution in [3.63, 3.8) is 0 Å². The number of carbonyl (C=O) groups is 3. The molecule has 9 heteroatoms. The first-order valence-electron chi connectivity index (χ1n) is 9.28. The third kappa shape index (κ3) is 14.8. The highest BCUT2D eigenvalue weighted by atomic mass is 16.6. The average Bonchev–Trinajstić information content (AvgIpc) is 2.47. The number of hydrogen-bond acceptors (Lipinski definition) is 6. The molecule has 0 aromatic heterocycles. The number of hydrogen-bond donors (Lipinski definition) is 4. The molecular weight excluding hydrogens is 352 g/mol. The fraction of sp³-hybridized carbons (Fsp3) is 0.833. The lowest BCUT2D eigenvalue weighted by atomic mass is 10.1. The Kier molecular flexibility index (Phi) is 10.8. The molecule has 1 atom stereocenters. The van der Waals surface area contributed by atoms with E-state index in [0.29, 0.717) is 19.4 Å². The van der Waals surface area contributed by atoms with Crippen molar-refractivity contribution in [1.29, 1.82) is 0 Å². The zero-order valence-corrected chi connectivity index (χ0v) is 17.4. The molecule has 0 aromatic carbocycles. The minimum atomic E-state index is -0.729. The Bertz CT molecular complexity index is 483. The van der Waals surface area contributed by atoms with Crippen LogP contribution in [0, 0.1) is 0 Å². The minimum Gasteiger partial charge on any atom is -0.444 e. The Morgan fingerprint density at radius 1 is 0.852 bits per heavy atom. The van der Waals surface area contributed by atoms with Gasteiger partial charge in [0.05, 0.1) is 0 Å². The number of carbonyl (C=O) groups excluding carboxylic acids is 3. The van der Waals surface area contributed by atoms with E-state index >= 15 is 0 Å². The van der Waals surface area contributed by atoms with Crippen LogP contribution in [0.25, 0.3) is 0 Å². The summed E-state index contributed by atoms with van der Waals surface area (Å²) >= 11 is 0. The molecule has 0 saturated heterocycles. The van der Waals surface area contributed by atoms with E-state index in [1.807, 2.05) is 0 Å². The van der Waals surface area contributed by atoms with Gasteiger partial charge in [-0.2, -0.15) is 0 Å². The molecule has 9 nitrogen and oxygen atoms in total. The largest absolute Gasteiger partial charge is 0.444 e. The van der Waals surface area contributed by atoms with E-state index in [4.69, 9.17) is 15.2 Å². The monoisotopic (exact) mass is 388 g/mol. The van der Waals surface area contributed by atoms with Gasteiger partial charge in [-0.05, 0) is 67.3 Å². The minimum absolute atomic E-state index is 0.210. The summed E-state index contributed by atoms with van der Waals surface area (Å²) in [6, 6.07) is -0.729. The number of rotatable bonds is 9. The normalized spacial score (nSPS) is 12.7. The second kappa shape index (κ2) is 11.6. The number of nitrogens with two attached hydrogens (primary N) is 1. The molecule has 0 fully saturated rings. The van der Waals surface area contributed by atoms with Gasteiger partial charge in [-0.15, -0.1) is 0 Å². The maximum atomic E-state index is 12.4. The van der Waals surface area contributed by atoms with Crippen LogP contribution in [0.3, 0.4) is 0 Å². The van der Waals surface area contributed by atoms with Crippen LogP contribution in [-0.4, -0.2) is 55.0 Å². The highest BCUT2D eigenvalue weighted by Crippen LogP contribution is 2.08. The topological polar surface area (TPSA) is 132 Å². The highest BCUT2D eigenvalue weighted by Gasteiger charge is 2.24. The second-order valence-electron chi connectivity index (χ2n) is 8.20. The van der Waals surface area contributed by atoms with Gasteiger partial charge in [0, 0.05) is 13.1 Å². The van der Waals surface area contributed by atoms with Gasteiger partial charge in [-0.25, -0.2) is 9.59 Å². The third-order valence-electron chi connectivity index (χ3n) is 3.05. The Hall–Kier alpha value is -2.03. The molecule has 0 unspecified atom stereocenters. The summed E-state index contributed by atoms with van der Waals surface area (Å²) in [4.78, 5) is 35.9. The van der Waals surface area contributed by atoms with Crippen LogP contribution in [0.5, 0.6) is 0 Å². The van der Waals surface area contributed by atoms with Gasteiger partial charge in [-0.3, -0.25) is 4.79 Å². The van der Waals surface area contributed by atoms with Crippen LogP contribution in [0.2, 0.25) is 0 Å². The van der Waals surface area contributed by atoms with E-state index < -0.39 is 29.4 Å². The van der Waals surface area contributed by atoms with Crippen molar-refractivity contribution in [3.05, 3.63) is 0 Å². The van der Waals surface area contributed by atoms with E-state index in [2.05, 4.69) is 16.0 Å². The van der Waals surface area contributed by atoms with Crippen molar-refractivity contribution in [3.8, 4) is 0 Å². The van der Waals surface area contributed by atoms with E-state index in [1.165, 1.54) is 0 Å². The second-order valence-corrected chi connectivity index (χ2v) is 8.20. The summed E-state index contributed by atoms with van der Waals surface area (Å²) in [6.45, 7) is 11.5. The van der Waals surface area contributed by atoms with Crippen LogP contribution in [0.15, 0.2) is 0 Å². The molecule has 0 bridgehead atoms. The van der Waals surface area contributed by atoms with Gasteiger partial charge in [0.1, 0.15) is 17.2 Å². The molecule has 3 amide bonds. The number of unbranched alkanes of at least 4 members (excludes halogenated alkanes) is 1. The van der Waals surface area contributed by atoms with Gasteiger partial charge in [0.2, 0.25) is 5.91 Å². The van der Waals surface area contributed by atoms with Crippen LogP contribution in [0.4, 0.5) is 9.59 Å². The molecule has 158 valence electrons. The first-order chi connectivity index (χ1) is 12.3. The molecule has 27 heavy (non-hydrogen) atoms. The van der Waals surface area contributed by atoms with Gasteiger partial charge >= 0.3 is 12.2 Å². The van der Waals surface area contributed by atoms with E-state index in [1.54, 1.807) is 41.5 Å². The van der Waals surface area contributed by atoms with Crippen LogP contribution >= 0.6 is 0 Å². The third-order valence-corrected chi connectivity index (χ3v) is 3.05. The van der Waals surface area contributed by atoms with Crippen molar-refractivity contribution < 1.29 is 23.9 Å². The zero-order chi connectivity index (χ0) is 21.1. The predicted molar refractivity (Wildman–Crippen MR) is 103 cm³/mol. The summed E-state index contributed by atoms with van der Waals surface area (Å²) in [5, 5.41) is 7.83. The van der Waals surface area contributed by atoms with Crippen molar-refractivity contribution in [2.24, 2.45) is 5.73 Å². The number of amides is 3. The van der Waals surface area contributed by atoms with Crippen LogP contribution < -0.4 is 21.7 Å². The summed E-state index contributed by atoms with van der Waals surface area (Å²) in [5.41, 5.74) is 4.24. The van der Waals surface area contributed by atoms with Crippen LogP contribution in [0.1, 0.15) is 60.8 Å². The average molecular weight is 389 g/mol. The fourth-order valence-electron chi connectivity index (χ4n) is 2.00. The summed E-state index contributed by atoms with van der Waals surface area (Å²) in [5.74, 6) is -0.344. The lowest BCUT2D eigenvalue weighted by Gasteiger charge is -2.23. The molecule has 0 rings (SSSR count). The Morgan fingerprint density at radius 2 is 1.37 bits per heavy atom. The molecule has 0 aromatic rings. The maximum Gasteiger partial charge on any atom is 0.408 e. The lowest BCUT2D eigenvalue weighted by Crippen LogP contribution is -2.49. The molecule has 0 aliphatic carbocycles. The van der Waals surface area contributed by atoms with Crippen molar-refractivity contribution in [2.45, 2.75) is 78.0 Å². The SMILES string of the molecule is CC(C)(C)OC(=O)NCCNC(=O)[C@H](CCCCN)NC(=O)OC(C)(C)C. The Morgan fingerprint density at radius 3 is 1.89 bits per heavy atom. The Balaban J connectivity index is 4.45. The van der Waals surface area contributed by atoms with Crippen molar-refractivity contribution >= 4 is 18.1 Å². The molecule has 0 radical (unpaired) electrons. The van der Waals surface area contributed by atoms with Crippen molar-refractivity contribution in [1.82, 2.24) is 16.0 Å². The zero-order valence-electron chi connectivity index (χ0n) is 17.4. The molecule has 0 aliphatic heterocycles. The highest BCUT2D eigenvalue weighted by molar-refractivity contribution is 5.85. The number of nitrogens with one attached hydrogen (secondary N) is 3. The molecule has 0 saturated carbocycles. The standard InChI is InChI=1S/C18H36N4O5/c1-17(2,3)26-15(24)21-12-11-20-14(23)13(9-7-8-10-19)22-16(25)27-18(4,5)6/h13H,7-12,19H2,1-6H3,(H,20,23)(H,21,24)(H,22,25)/t13-/m0/s1. The maximum absolute atomic E-state index is 12.4. The van der Waals surface area contributed by atoms with E-state index in [9.17, 15) is 14.4 Å². The van der Waals surface area contributed by atoms with E-state index in [-0.39, 0.29) is 19.0 Å². The molecular formula is C18H36N4O5.